The van der Waals surface area contributed by atoms with Crippen LogP contribution >= 0.6 is 12.4 Å². The van der Waals surface area contributed by atoms with Crippen molar-refractivity contribution in [3.8, 4) is 0 Å². The highest BCUT2D eigenvalue weighted by Gasteiger charge is 2.30. The van der Waals surface area contributed by atoms with Crippen molar-refractivity contribution in [3.05, 3.63) is 0 Å². The van der Waals surface area contributed by atoms with E-state index in [1.54, 1.807) is 0 Å². The number of halogens is 1. The van der Waals surface area contributed by atoms with Gasteiger partial charge in [0.15, 0.2) is 0 Å². The summed E-state index contributed by atoms with van der Waals surface area (Å²) in [5, 5.41) is 2.67. The first-order valence-electron chi connectivity index (χ1n) is 7.11. The van der Waals surface area contributed by atoms with Crippen LogP contribution in [0.1, 0.15) is 32.1 Å². The highest BCUT2D eigenvalue weighted by molar-refractivity contribution is 5.87. The molecule has 2 rings (SSSR count). The van der Waals surface area contributed by atoms with Crippen LogP contribution in [0.4, 0.5) is 0 Å². The van der Waals surface area contributed by atoms with Crippen LogP contribution < -0.4 is 11.1 Å². The normalized spacial score (nSPS) is 25.9. The lowest BCUT2D eigenvalue weighted by Crippen LogP contribution is -2.45. The third kappa shape index (κ3) is 4.61. The molecule has 0 aromatic rings. The van der Waals surface area contributed by atoms with E-state index in [0.717, 1.165) is 32.4 Å². The average Bonchev–Trinajstić information content (AvgIpc) is 2.94. The predicted octanol–water partition coefficient (Wildman–Crippen LogP) is 0.0432. The van der Waals surface area contributed by atoms with Gasteiger partial charge in [-0.3, -0.25) is 9.59 Å². The minimum Gasteiger partial charge on any atom is -0.364 e. The highest BCUT2D eigenvalue weighted by Crippen LogP contribution is 2.18. The van der Waals surface area contributed by atoms with Gasteiger partial charge in [0.1, 0.15) is 6.10 Å². The molecular formula is C13H24ClN3O3. The molecule has 2 saturated heterocycles. The molecule has 0 aromatic heterocycles. The van der Waals surface area contributed by atoms with Gasteiger partial charge in [0.2, 0.25) is 11.8 Å². The number of piperidine rings is 1. The Bertz CT molecular complexity index is 335. The highest BCUT2D eigenvalue weighted by atomic mass is 35.5. The van der Waals surface area contributed by atoms with Gasteiger partial charge in [-0.15, -0.1) is 12.4 Å². The van der Waals surface area contributed by atoms with Gasteiger partial charge in [-0.1, -0.05) is 0 Å². The largest absolute Gasteiger partial charge is 0.364 e. The Morgan fingerprint density at radius 2 is 1.90 bits per heavy atom. The maximum Gasteiger partial charge on any atom is 0.249 e. The molecule has 0 saturated carbocycles. The van der Waals surface area contributed by atoms with E-state index in [1.807, 2.05) is 4.90 Å². The monoisotopic (exact) mass is 305 g/mol. The maximum atomic E-state index is 11.9. The van der Waals surface area contributed by atoms with Crippen molar-refractivity contribution in [2.24, 2.45) is 5.73 Å². The molecule has 2 fully saturated rings. The maximum absolute atomic E-state index is 11.9. The van der Waals surface area contributed by atoms with E-state index < -0.39 is 6.10 Å². The number of nitrogens with zero attached hydrogens (tertiary/aromatic N) is 1. The molecule has 0 spiro atoms. The second-order valence-corrected chi connectivity index (χ2v) is 5.22. The van der Waals surface area contributed by atoms with Crippen molar-refractivity contribution in [1.82, 2.24) is 10.2 Å². The number of hydrogen-bond donors (Lipinski definition) is 2. The summed E-state index contributed by atoms with van der Waals surface area (Å²) in [5.41, 5.74) is 5.50. The van der Waals surface area contributed by atoms with Gasteiger partial charge < -0.3 is 20.7 Å². The summed E-state index contributed by atoms with van der Waals surface area (Å²) in [6.45, 7) is 2.14. The molecule has 2 atom stereocenters. The molecular weight excluding hydrogens is 282 g/mol. The molecule has 3 N–H and O–H groups in total. The van der Waals surface area contributed by atoms with Crippen LogP contribution in [0.25, 0.3) is 0 Å². The van der Waals surface area contributed by atoms with Gasteiger partial charge in [-0.25, -0.2) is 0 Å². The Morgan fingerprint density at radius 1 is 1.20 bits per heavy atom. The molecule has 7 heteroatoms. The fourth-order valence-electron chi connectivity index (χ4n) is 2.60. The summed E-state index contributed by atoms with van der Waals surface area (Å²) in [7, 11) is 0. The zero-order chi connectivity index (χ0) is 13.7. The molecule has 2 amide bonds. The van der Waals surface area contributed by atoms with Crippen molar-refractivity contribution in [3.63, 3.8) is 0 Å². The van der Waals surface area contributed by atoms with Gasteiger partial charge >= 0.3 is 0 Å². The van der Waals surface area contributed by atoms with E-state index in [9.17, 15) is 9.59 Å². The van der Waals surface area contributed by atoms with E-state index in [-0.39, 0.29) is 36.9 Å². The summed E-state index contributed by atoms with van der Waals surface area (Å²) in [5.74, 6) is -0.192. The molecule has 116 valence electrons. The Kier molecular flexibility index (Phi) is 7.26. The number of nitrogens with one attached hydrogen (secondary N) is 1. The minimum absolute atomic E-state index is 0. The molecule has 6 nitrogen and oxygen atoms in total. The number of rotatable bonds is 4. The zero-order valence-corrected chi connectivity index (χ0v) is 12.5. The number of hydrogen-bond acceptors (Lipinski definition) is 4. The zero-order valence-electron chi connectivity index (χ0n) is 11.7. The van der Waals surface area contributed by atoms with E-state index in [0.29, 0.717) is 13.0 Å². The lowest BCUT2D eigenvalue weighted by atomic mass is 10.1. The average molecular weight is 306 g/mol. The van der Waals surface area contributed by atoms with Gasteiger partial charge in [-0.05, 0) is 32.1 Å². The second-order valence-electron chi connectivity index (χ2n) is 5.22. The standard InChI is InChI=1S/C13H23N3O3.ClH/c14-8-10-4-5-11(19-10)13(18)15-9-12(17)16-6-2-1-3-7-16;/h10-11H,1-9,14H2,(H,15,18);1H/t10-,11+;/m1./s1. The van der Waals surface area contributed by atoms with Gasteiger partial charge in [0.05, 0.1) is 12.6 Å². The smallest absolute Gasteiger partial charge is 0.249 e. The summed E-state index contributed by atoms with van der Waals surface area (Å²) < 4.78 is 5.49. The number of likely N-dealkylation sites (tertiary alicyclic amines) is 1. The van der Waals surface area contributed by atoms with Crippen LogP contribution in [0.3, 0.4) is 0 Å². The van der Waals surface area contributed by atoms with Crippen molar-refractivity contribution in [1.29, 1.82) is 0 Å². The Labute approximate surface area is 125 Å². The van der Waals surface area contributed by atoms with Crippen molar-refractivity contribution in [2.45, 2.75) is 44.3 Å². The first-order valence-corrected chi connectivity index (χ1v) is 7.11. The number of ether oxygens (including phenoxy) is 1. The number of amides is 2. The van der Waals surface area contributed by atoms with E-state index in [1.165, 1.54) is 6.42 Å². The molecule has 20 heavy (non-hydrogen) atoms. The lowest BCUT2D eigenvalue weighted by Gasteiger charge is -2.26. The van der Waals surface area contributed by atoms with E-state index in [4.69, 9.17) is 10.5 Å². The summed E-state index contributed by atoms with van der Waals surface area (Å²) in [4.78, 5) is 25.6. The molecule has 0 radical (unpaired) electrons. The van der Waals surface area contributed by atoms with Crippen LogP contribution in [-0.4, -0.2) is 55.1 Å². The number of carbonyl (C=O) groups excluding carboxylic acids is 2. The van der Waals surface area contributed by atoms with Gasteiger partial charge in [-0.2, -0.15) is 0 Å². The Balaban J connectivity index is 0.00000200. The SMILES string of the molecule is Cl.NC[C@H]1CC[C@@H](C(=O)NCC(=O)N2CCCCC2)O1. The number of nitrogens with two attached hydrogens (primary N) is 1. The summed E-state index contributed by atoms with van der Waals surface area (Å²) in [6, 6.07) is 0. The molecule has 2 aliphatic heterocycles. The molecule has 0 bridgehead atoms. The minimum atomic E-state index is -0.442. The van der Waals surface area contributed by atoms with Crippen molar-refractivity contribution in [2.75, 3.05) is 26.2 Å². The third-order valence-electron chi connectivity index (χ3n) is 3.79. The molecule has 0 unspecified atom stereocenters. The third-order valence-corrected chi connectivity index (χ3v) is 3.79. The first kappa shape index (κ1) is 17.2. The fraction of sp³-hybridized carbons (Fsp3) is 0.846. The molecule has 2 heterocycles. The summed E-state index contributed by atoms with van der Waals surface area (Å²) in [6.07, 6.45) is 4.34. The number of carbonyl (C=O) groups is 2. The Hall–Kier alpha value is -0.850. The van der Waals surface area contributed by atoms with Crippen molar-refractivity contribution < 1.29 is 14.3 Å². The van der Waals surface area contributed by atoms with Crippen LogP contribution in [-0.2, 0) is 14.3 Å². The fourth-order valence-corrected chi connectivity index (χ4v) is 2.60. The quantitative estimate of drug-likeness (QED) is 0.768. The van der Waals surface area contributed by atoms with E-state index >= 15 is 0 Å². The topological polar surface area (TPSA) is 84.7 Å². The van der Waals surface area contributed by atoms with Crippen LogP contribution in [0.2, 0.25) is 0 Å². The summed E-state index contributed by atoms with van der Waals surface area (Å²) >= 11 is 0. The van der Waals surface area contributed by atoms with Gasteiger partial charge in [0.25, 0.3) is 0 Å². The van der Waals surface area contributed by atoms with Crippen LogP contribution in [0.15, 0.2) is 0 Å². The molecule has 0 aromatic carbocycles. The molecule has 0 aliphatic carbocycles. The lowest BCUT2D eigenvalue weighted by molar-refractivity contribution is -0.137. The van der Waals surface area contributed by atoms with E-state index in [2.05, 4.69) is 5.32 Å². The predicted molar refractivity (Wildman–Crippen MR) is 77.6 cm³/mol. The second kappa shape index (κ2) is 8.44. The first-order chi connectivity index (χ1) is 9.20. The van der Waals surface area contributed by atoms with Crippen molar-refractivity contribution >= 4 is 24.2 Å². The van der Waals surface area contributed by atoms with Gasteiger partial charge in [0, 0.05) is 19.6 Å². The molecule has 2 aliphatic rings. The Morgan fingerprint density at radius 3 is 2.50 bits per heavy atom. The van der Waals surface area contributed by atoms with Crippen LogP contribution in [0.5, 0.6) is 0 Å². The van der Waals surface area contributed by atoms with Crippen LogP contribution in [0, 0.1) is 0 Å².